The number of amides is 1. The van der Waals surface area contributed by atoms with Gasteiger partial charge in [-0.1, -0.05) is 17.7 Å². The summed E-state index contributed by atoms with van der Waals surface area (Å²) in [6, 6.07) is 11.3. The summed E-state index contributed by atoms with van der Waals surface area (Å²) in [6.45, 7) is 3.61. The van der Waals surface area contributed by atoms with Gasteiger partial charge in [0.1, 0.15) is 10.6 Å². The highest BCUT2D eigenvalue weighted by Gasteiger charge is 2.18. The molecule has 1 aromatic heterocycles. The Hall–Kier alpha value is -2.39. The maximum Gasteiger partial charge on any atom is 0.267 e. The van der Waals surface area contributed by atoms with Crippen molar-refractivity contribution < 1.29 is 17.9 Å². The summed E-state index contributed by atoms with van der Waals surface area (Å²) in [7, 11) is -2.05. The standard InChI is InChI=1S/C19H17ClN2O4S2/c1-3-10-21-28(24,25)14-7-4-12(5-8-14)22-19(23)18-17(20)15-9-6-13(26-2)11-16(15)27-18/h3-9,11,21H,1,10H2,2H3,(H,22,23). The molecular weight excluding hydrogens is 420 g/mol. The molecule has 0 spiro atoms. The molecule has 0 aliphatic heterocycles. The Morgan fingerprint density at radius 3 is 2.61 bits per heavy atom. The zero-order valence-corrected chi connectivity index (χ0v) is 17.2. The van der Waals surface area contributed by atoms with E-state index >= 15 is 0 Å². The van der Waals surface area contributed by atoms with Crippen LogP contribution in [0.3, 0.4) is 0 Å². The molecule has 0 radical (unpaired) electrons. The fourth-order valence-corrected chi connectivity index (χ4v) is 4.91. The van der Waals surface area contributed by atoms with Gasteiger partial charge in [0.2, 0.25) is 10.0 Å². The van der Waals surface area contributed by atoms with Gasteiger partial charge in [-0.05, 0) is 42.5 Å². The second kappa shape index (κ2) is 8.32. The molecule has 1 heterocycles. The van der Waals surface area contributed by atoms with Crippen LogP contribution in [0.15, 0.2) is 60.0 Å². The average molecular weight is 437 g/mol. The zero-order valence-electron chi connectivity index (χ0n) is 14.9. The molecule has 6 nitrogen and oxygen atoms in total. The largest absolute Gasteiger partial charge is 0.497 e. The minimum atomic E-state index is -3.62. The first-order chi connectivity index (χ1) is 13.4. The Balaban J connectivity index is 1.80. The van der Waals surface area contributed by atoms with Crippen LogP contribution in [0.2, 0.25) is 5.02 Å². The number of methoxy groups -OCH3 is 1. The zero-order chi connectivity index (χ0) is 20.3. The topological polar surface area (TPSA) is 84.5 Å². The average Bonchev–Trinajstić information content (AvgIpc) is 3.03. The van der Waals surface area contributed by atoms with Gasteiger partial charge in [0.05, 0.1) is 17.0 Å². The van der Waals surface area contributed by atoms with Crippen molar-refractivity contribution in [2.45, 2.75) is 4.90 Å². The normalized spacial score (nSPS) is 11.4. The second-order valence-electron chi connectivity index (χ2n) is 5.73. The van der Waals surface area contributed by atoms with E-state index in [-0.39, 0.29) is 17.3 Å². The van der Waals surface area contributed by atoms with E-state index < -0.39 is 10.0 Å². The quantitative estimate of drug-likeness (QED) is 0.541. The lowest BCUT2D eigenvalue weighted by atomic mass is 10.2. The van der Waals surface area contributed by atoms with Gasteiger partial charge in [0, 0.05) is 22.3 Å². The van der Waals surface area contributed by atoms with Crippen molar-refractivity contribution in [2.75, 3.05) is 19.0 Å². The van der Waals surface area contributed by atoms with Gasteiger partial charge in [-0.25, -0.2) is 13.1 Å². The Kier molecular flexibility index (Phi) is 6.04. The van der Waals surface area contributed by atoms with Gasteiger partial charge in [-0.2, -0.15) is 0 Å². The Labute approximate surface area is 171 Å². The molecule has 28 heavy (non-hydrogen) atoms. The van der Waals surface area contributed by atoms with Gasteiger partial charge < -0.3 is 10.1 Å². The molecule has 9 heteroatoms. The number of thiophene rings is 1. The fraction of sp³-hybridized carbons (Fsp3) is 0.105. The van der Waals surface area contributed by atoms with Crippen molar-refractivity contribution >= 4 is 54.6 Å². The van der Waals surface area contributed by atoms with Crippen LogP contribution in [0.1, 0.15) is 9.67 Å². The fourth-order valence-electron chi connectivity index (χ4n) is 2.48. The minimum Gasteiger partial charge on any atom is -0.497 e. The maximum absolute atomic E-state index is 12.6. The number of benzene rings is 2. The van der Waals surface area contributed by atoms with Gasteiger partial charge in [0.15, 0.2) is 0 Å². The first-order valence-corrected chi connectivity index (χ1v) is 10.8. The predicted molar refractivity (Wildman–Crippen MR) is 113 cm³/mol. The molecule has 3 rings (SSSR count). The number of rotatable bonds is 7. The van der Waals surface area contributed by atoms with E-state index in [0.717, 1.165) is 10.1 Å². The van der Waals surface area contributed by atoms with Crippen molar-refractivity contribution in [1.29, 1.82) is 0 Å². The highest BCUT2D eigenvalue weighted by molar-refractivity contribution is 7.89. The maximum atomic E-state index is 12.6. The Bertz CT molecular complexity index is 1140. The Morgan fingerprint density at radius 1 is 1.25 bits per heavy atom. The SMILES string of the molecule is C=CCNS(=O)(=O)c1ccc(NC(=O)c2sc3cc(OC)ccc3c2Cl)cc1. The molecule has 0 saturated heterocycles. The molecule has 0 bridgehead atoms. The lowest BCUT2D eigenvalue weighted by Gasteiger charge is -2.07. The molecule has 1 amide bonds. The number of carbonyl (C=O) groups excluding carboxylic acids is 1. The summed E-state index contributed by atoms with van der Waals surface area (Å²) < 4.78 is 32.6. The van der Waals surface area contributed by atoms with Crippen LogP contribution in [-0.2, 0) is 10.0 Å². The highest BCUT2D eigenvalue weighted by atomic mass is 35.5. The molecule has 0 atom stereocenters. The monoisotopic (exact) mass is 436 g/mol. The number of ether oxygens (including phenoxy) is 1. The molecule has 0 aliphatic carbocycles. The molecule has 0 aliphatic rings. The Morgan fingerprint density at radius 2 is 1.96 bits per heavy atom. The third kappa shape index (κ3) is 4.20. The lowest BCUT2D eigenvalue weighted by Crippen LogP contribution is -2.23. The van der Waals surface area contributed by atoms with Gasteiger partial charge in [-0.15, -0.1) is 17.9 Å². The predicted octanol–water partition coefficient (Wildman–Crippen LogP) is 4.28. The molecule has 0 fully saturated rings. The highest BCUT2D eigenvalue weighted by Crippen LogP contribution is 2.37. The van der Waals surface area contributed by atoms with Crippen molar-refractivity contribution in [3.63, 3.8) is 0 Å². The number of hydrogen-bond donors (Lipinski definition) is 2. The van der Waals surface area contributed by atoms with Crippen LogP contribution in [0.25, 0.3) is 10.1 Å². The third-order valence-electron chi connectivity index (χ3n) is 3.88. The van der Waals surface area contributed by atoms with E-state index in [4.69, 9.17) is 16.3 Å². The first-order valence-electron chi connectivity index (χ1n) is 8.13. The number of sulfonamides is 1. The number of hydrogen-bond acceptors (Lipinski definition) is 5. The summed E-state index contributed by atoms with van der Waals surface area (Å²) in [5, 5.41) is 3.87. The summed E-state index contributed by atoms with van der Waals surface area (Å²) in [5.41, 5.74) is 0.457. The summed E-state index contributed by atoms with van der Waals surface area (Å²) in [6.07, 6.45) is 1.45. The molecule has 2 N–H and O–H groups in total. The molecule has 3 aromatic rings. The van der Waals surface area contributed by atoms with E-state index in [1.165, 1.54) is 41.7 Å². The second-order valence-corrected chi connectivity index (χ2v) is 8.92. The number of halogens is 1. The van der Waals surface area contributed by atoms with E-state index in [0.29, 0.717) is 21.3 Å². The van der Waals surface area contributed by atoms with E-state index in [1.54, 1.807) is 19.2 Å². The van der Waals surface area contributed by atoms with E-state index in [9.17, 15) is 13.2 Å². The van der Waals surface area contributed by atoms with Crippen LogP contribution in [0.5, 0.6) is 5.75 Å². The van der Waals surface area contributed by atoms with Gasteiger partial charge in [0.25, 0.3) is 5.91 Å². The summed E-state index contributed by atoms with van der Waals surface area (Å²) >= 11 is 7.62. The smallest absolute Gasteiger partial charge is 0.267 e. The number of anilines is 1. The van der Waals surface area contributed by atoms with E-state index in [1.807, 2.05) is 6.07 Å². The number of carbonyl (C=O) groups is 1. The third-order valence-corrected chi connectivity index (χ3v) is 6.98. The van der Waals surface area contributed by atoms with Crippen molar-refractivity contribution in [3.05, 3.63) is 65.0 Å². The summed E-state index contributed by atoms with van der Waals surface area (Å²) in [5.74, 6) is 0.310. The van der Waals surface area contributed by atoms with Crippen LogP contribution in [0, 0.1) is 0 Å². The van der Waals surface area contributed by atoms with Crippen LogP contribution in [-0.4, -0.2) is 28.0 Å². The van der Waals surface area contributed by atoms with Crippen LogP contribution < -0.4 is 14.8 Å². The van der Waals surface area contributed by atoms with Crippen molar-refractivity contribution in [1.82, 2.24) is 4.72 Å². The van der Waals surface area contributed by atoms with Crippen molar-refractivity contribution in [2.24, 2.45) is 0 Å². The first kappa shape index (κ1) is 20.3. The molecular formula is C19H17ClN2O4S2. The van der Waals surface area contributed by atoms with Crippen LogP contribution >= 0.6 is 22.9 Å². The van der Waals surface area contributed by atoms with Gasteiger partial charge >= 0.3 is 0 Å². The van der Waals surface area contributed by atoms with Crippen LogP contribution in [0.4, 0.5) is 5.69 Å². The van der Waals surface area contributed by atoms with Crippen molar-refractivity contribution in [3.8, 4) is 5.75 Å². The molecule has 0 unspecified atom stereocenters. The van der Waals surface area contributed by atoms with E-state index in [2.05, 4.69) is 16.6 Å². The molecule has 2 aromatic carbocycles. The number of fused-ring (bicyclic) bond motifs is 1. The summed E-state index contributed by atoms with van der Waals surface area (Å²) in [4.78, 5) is 13.1. The minimum absolute atomic E-state index is 0.0966. The number of nitrogens with one attached hydrogen (secondary N) is 2. The molecule has 0 saturated carbocycles. The van der Waals surface area contributed by atoms with Gasteiger partial charge in [-0.3, -0.25) is 4.79 Å². The lowest BCUT2D eigenvalue weighted by molar-refractivity contribution is 0.103. The molecule has 146 valence electrons.